The van der Waals surface area contributed by atoms with Gasteiger partial charge in [0.15, 0.2) is 0 Å². The SMILES string of the molecule is COCc1ccc(C(O)c2cccc3c2OCCC3)cc1. The van der Waals surface area contributed by atoms with Crippen LogP contribution in [0.1, 0.15) is 34.8 Å². The lowest BCUT2D eigenvalue weighted by Crippen LogP contribution is -2.12. The van der Waals surface area contributed by atoms with Gasteiger partial charge in [-0.15, -0.1) is 0 Å². The van der Waals surface area contributed by atoms with E-state index in [-0.39, 0.29) is 0 Å². The largest absolute Gasteiger partial charge is 0.493 e. The van der Waals surface area contributed by atoms with Crippen LogP contribution >= 0.6 is 0 Å². The molecule has 0 saturated heterocycles. The summed E-state index contributed by atoms with van der Waals surface area (Å²) in [5.41, 5.74) is 4.01. The molecule has 0 spiro atoms. The molecule has 0 radical (unpaired) electrons. The van der Waals surface area contributed by atoms with Gasteiger partial charge in [0.1, 0.15) is 11.9 Å². The molecule has 1 aliphatic heterocycles. The molecule has 2 aromatic rings. The maximum absolute atomic E-state index is 10.7. The molecule has 1 unspecified atom stereocenters. The molecule has 1 atom stereocenters. The summed E-state index contributed by atoms with van der Waals surface area (Å²) < 4.78 is 10.9. The molecule has 0 fully saturated rings. The van der Waals surface area contributed by atoms with E-state index in [0.29, 0.717) is 6.61 Å². The Morgan fingerprint density at radius 3 is 2.76 bits per heavy atom. The third kappa shape index (κ3) is 2.94. The molecule has 0 amide bonds. The van der Waals surface area contributed by atoms with Crippen molar-refractivity contribution in [1.82, 2.24) is 0 Å². The first kappa shape index (κ1) is 14.1. The summed E-state index contributed by atoms with van der Waals surface area (Å²) in [5, 5.41) is 10.7. The van der Waals surface area contributed by atoms with Crippen LogP contribution in [0.2, 0.25) is 0 Å². The Kier molecular flexibility index (Phi) is 4.23. The van der Waals surface area contributed by atoms with Crippen LogP contribution in [-0.4, -0.2) is 18.8 Å². The minimum atomic E-state index is -0.658. The van der Waals surface area contributed by atoms with Crippen molar-refractivity contribution in [3.63, 3.8) is 0 Å². The smallest absolute Gasteiger partial charge is 0.128 e. The van der Waals surface area contributed by atoms with Crippen LogP contribution in [0, 0.1) is 0 Å². The lowest BCUT2D eigenvalue weighted by Gasteiger charge is -2.23. The molecule has 0 aromatic heterocycles. The van der Waals surface area contributed by atoms with Crippen LogP contribution in [0.25, 0.3) is 0 Å². The number of methoxy groups -OCH3 is 1. The molecule has 1 heterocycles. The maximum Gasteiger partial charge on any atom is 0.128 e. The Balaban J connectivity index is 1.89. The number of aliphatic hydroxyl groups excluding tert-OH is 1. The van der Waals surface area contributed by atoms with Crippen molar-refractivity contribution in [3.8, 4) is 5.75 Å². The molecular weight excluding hydrogens is 264 g/mol. The lowest BCUT2D eigenvalue weighted by molar-refractivity contribution is 0.184. The van der Waals surface area contributed by atoms with E-state index in [2.05, 4.69) is 6.07 Å². The zero-order valence-electron chi connectivity index (χ0n) is 12.2. The van der Waals surface area contributed by atoms with Gasteiger partial charge in [-0.05, 0) is 29.5 Å². The first-order valence-electron chi connectivity index (χ1n) is 7.30. The van der Waals surface area contributed by atoms with Crippen LogP contribution in [0.4, 0.5) is 0 Å². The predicted octanol–water partition coefficient (Wildman–Crippen LogP) is 3.24. The number of para-hydroxylation sites is 1. The van der Waals surface area contributed by atoms with Gasteiger partial charge in [-0.2, -0.15) is 0 Å². The molecule has 3 nitrogen and oxygen atoms in total. The first-order chi connectivity index (χ1) is 10.3. The van der Waals surface area contributed by atoms with E-state index < -0.39 is 6.10 Å². The van der Waals surface area contributed by atoms with Gasteiger partial charge in [-0.25, -0.2) is 0 Å². The fourth-order valence-corrected chi connectivity index (χ4v) is 2.77. The normalized spacial score (nSPS) is 15.1. The second-order valence-corrected chi connectivity index (χ2v) is 5.36. The van der Waals surface area contributed by atoms with Gasteiger partial charge in [-0.1, -0.05) is 42.5 Å². The van der Waals surface area contributed by atoms with Gasteiger partial charge in [-0.3, -0.25) is 0 Å². The van der Waals surface area contributed by atoms with Crippen molar-refractivity contribution >= 4 is 0 Å². The summed E-state index contributed by atoms with van der Waals surface area (Å²) in [4.78, 5) is 0. The minimum absolute atomic E-state index is 0.584. The van der Waals surface area contributed by atoms with E-state index in [0.717, 1.165) is 41.9 Å². The minimum Gasteiger partial charge on any atom is -0.493 e. The quantitative estimate of drug-likeness (QED) is 0.936. The van der Waals surface area contributed by atoms with Gasteiger partial charge in [0.25, 0.3) is 0 Å². The fourth-order valence-electron chi connectivity index (χ4n) is 2.77. The van der Waals surface area contributed by atoms with Crippen molar-refractivity contribution in [2.45, 2.75) is 25.6 Å². The molecule has 0 bridgehead atoms. The van der Waals surface area contributed by atoms with Crippen LogP contribution in [0.5, 0.6) is 5.75 Å². The summed E-state index contributed by atoms with van der Waals surface area (Å²) >= 11 is 0. The van der Waals surface area contributed by atoms with Crippen LogP contribution in [-0.2, 0) is 17.8 Å². The van der Waals surface area contributed by atoms with Crippen LogP contribution in [0.3, 0.4) is 0 Å². The highest BCUT2D eigenvalue weighted by Gasteiger charge is 2.20. The van der Waals surface area contributed by atoms with E-state index in [1.807, 2.05) is 36.4 Å². The zero-order chi connectivity index (χ0) is 14.7. The Bertz CT molecular complexity index is 604. The Morgan fingerprint density at radius 1 is 1.19 bits per heavy atom. The first-order valence-corrected chi connectivity index (χ1v) is 7.30. The highest BCUT2D eigenvalue weighted by atomic mass is 16.5. The van der Waals surface area contributed by atoms with Gasteiger partial charge in [0.05, 0.1) is 13.2 Å². The average molecular weight is 284 g/mol. The van der Waals surface area contributed by atoms with Gasteiger partial charge in [0, 0.05) is 12.7 Å². The van der Waals surface area contributed by atoms with Gasteiger partial charge in [0.2, 0.25) is 0 Å². The number of hydrogen-bond acceptors (Lipinski definition) is 3. The monoisotopic (exact) mass is 284 g/mol. The summed E-state index contributed by atoms with van der Waals surface area (Å²) in [6, 6.07) is 13.9. The summed E-state index contributed by atoms with van der Waals surface area (Å²) in [7, 11) is 1.68. The van der Waals surface area contributed by atoms with E-state index in [4.69, 9.17) is 9.47 Å². The molecule has 0 saturated carbocycles. The number of ether oxygens (including phenoxy) is 2. The van der Waals surface area contributed by atoms with Crippen molar-refractivity contribution in [3.05, 3.63) is 64.7 Å². The van der Waals surface area contributed by atoms with Gasteiger partial charge >= 0.3 is 0 Å². The van der Waals surface area contributed by atoms with Crippen molar-refractivity contribution in [2.75, 3.05) is 13.7 Å². The summed E-state index contributed by atoms with van der Waals surface area (Å²) in [5.74, 6) is 0.859. The number of rotatable bonds is 4. The molecule has 0 aliphatic carbocycles. The fraction of sp³-hybridized carbons (Fsp3) is 0.333. The summed E-state index contributed by atoms with van der Waals surface area (Å²) in [6.45, 7) is 1.31. The molecular formula is C18H20O3. The highest BCUT2D eigenvalue weighted by Crippen LogP contribution is 2.35. The Hall–Kier alpha value is -1.84. The zero-order valence-corrected chi connectivity index (χ0v) is 12.2. The highest BCUT2D eigenvalue weighted by molar-refractivity contribution is 5.47. The second kappa shape index (κ2) is 6.29. The van der Waals surface area contributed by atoms with Crippen molar-refractivity contribution in [2.24, 2.45) is 0 Å². The van der Waals surface area contributed by atoms with E-state index in [9.17, 15) is 5.11 Å². The Morgan fingerprint density at radius 2 is 2.00 bits per heavy atom. The summed E-state index contributed by atoms with van der Waals surface area (Å²) in [6.07, 6.45) is 1.40. The number of fused-ring (bicyclic) bond motifs is 1. The topological polar surface area (TPSA) is 38.7 Å². The maximum atomic E-state index is 10.7. The molecule has 110 valence electrons. The lowest BCUT2D eigenvalue weighted by atomic mass is 9.95. The molecule has 1 N–H and O–H groups in total. The van der Waals surface area contributed by atoms with Crippen molar-refractivity contribution < 1.29 is 14.6 Å². The second-order valence-electron chi connectivity index (χ2n) is 5.36. The van der Waals surface area contributed by atoms with Gasteiger partial charge < -0.3 is 14.6 Å². The number of aryl methyl sites for hydroxylation is 1. The van der Waals surface area contributed by atoms with E-state index in [1.165, 1.54) is 5.56 Å². The van der Waals surface area contributed by atoms with E-state index in [1.54, 1.807) is 7.11 Å². The standard InChI is InChI=1S/C18H20O3/c1-20-12-13-7-9-14(10-8-13)17(19)16-6-2-4-15-5-3-11-21-18(15)16/h2,4,6-10,17,19H,3,5,11-12H2,1H3. The number of aliphatic hydroxyl groups is 1. The number of benzene rings is 2. The molecule has 2 aromatic carbocycles. The van der Waals surface area contributed by atoms with Crippen molar-refractivity contribution in [1.29, 1.82) is 0 Å². The predicted molar refractivity (Wildman–Crippen MR) is 81.5 cm³/mol. The van der Waals surface area contributed by atoms with E-state index >= 15 is 0 Å². The molecule has 1 aliphatic rings. The molecule has 21 heavy (non-hydrogen) atoms. The third-order valence-electron chi connectivity index (χ3n) is 3.86. The third-order valence-corrected chi connectivity index (χ3v) is 3.86. The molecule has 3 rings (SSSR count). The molecule has 3 heteroatoms. The average Bonchev–Trinajstić information content (AvgIpc) is 2.55. The van der Waals surface area contributed by atoms with Crippen LogP contribution < -0.4 is 4.74 Å². The number of hydrogen-bond donors (Lipinski definition) is 1. The van der Waals surface area contributed by atoms with Crippen LogP contribution in [0.15, 0.2) is 42.5 Å². The Labute approximate surface area is 125 Å².